The van der Waals surface area contributed by atoms with Gasteiger partial charge in [-0.15, -0.1) is 0 Å². The highest BCUT2D eigenvalue weighted by Crippen LogP contribution is 1.82. The number of methoxy groups -OCH3 is 2. The van der Waals surface area contributed by atoms with E-state index in [0.29, 0.717) is 38.9 Å². The van der Waals surface area contributed by atoms with Crippen LogP contribution in [0.2, 0.25) is 0 Å². The predicted octanol–water partition coefficient (Wildman–Crippen LogP) is -0.411. The van der Waals surface area contributed by atoms with Gasteiger partial charge in [-0.2, -0.15) is 0 Å². The van der Waals surface area contributed by atoms with Crippen LogP contribution >= 0.6 is 0 Å². The highest BCUT2D eigenvalue weighted by Gasteiger charge is 2.00. The Morgan fingerprint density at radius 3 is 2.62 bits per heavy atom. The van der Waals surface area contributed by atoms with E-state index in [4.69, 9.17) is 19.9 Å². The van der Waals surface area contributed by atoms with Crippen molar-refractivity contribution in [2.75, 3.05) is 47.2 Å². The molecule has 1 atom stereocenters. The lowest BCUT2D eigenvalue weighted by atomic mass is 10.4. The molecule has 0 aromatic rings. The van der Waals surface area contributed by atoms with Crippen LogP contribution in [0.1, 0.15) is 6.92 Å². The zero-order valence-corrected chi connectivity index (χ0v) is 10.4. The number of rotatable bonds is 9. The van der Waals surface area contributed by atoms with Crippen LogP contribution in [0.4, 0.5) is 0 Å². The monoisotopic (exact) mass is 233 g/mol. The van der Waals surface area contributed by atoms with Gasteiger partial charge in [0.05, 0.1) is 33.0 Å². The van der Waals surface area contributed by atoms with E-state index >= 15 is 0 Å². The Morgan fingerprint density at radius 2 is 2.00 bits per heavy atom. The molecule has 3 N–H and O–H groups in total. The lowest BCUT2D eigenvalue weighted by molar-refractivity contribution is 0.0748. The second-order valence-corrected chi connectivity index (χ2v) is 3.37. The Morgan fingerprint density at radius 1 is 1.25 bits per heavy atom. The van der Waals surface area contributed by atoms with Gasteiger partial charge < -0.3 is 25.3 Å². The quantitative estimate of drug-likeness (QED) is 0.321. The standard InChI is InChI=1S/C10H23N3O3/c1-9(8-15-3)13-10(11)12-4-5-16-7-6-14-2/h9H,4-8H2,1-3H3,(H3,11,12,13). The zero-order valence-electron chi connectivity index (χ0n) is 10.4. The van der Waals surface area contributed by atoms with Gasteiger partial charge in [0.25, 0.3) is 0 Å². The van der Waals surface area contributed by atoms with Crippen LogP contribution in [0.3, 0.4) is 0 Å². The molecule has 0 aliphatic rings. The van der Waals surface area contributed by atoms with E-state index in [1.165, 1.54) is 0 Å². The van der Waals surface area contributed by atoms with Crippen molar-refractivity contribution >= 4 is 5.96 Å². The van der Waals surface area contributed by atoms with E-state index in [1.807, 2.05) is 6.92 Å². The Labute approximate surface area is 97.1 Å². The second-order valence-electron chi connectivity index (χ2n) is 3.37. The van der Waals surface area contributed by atoms with Crippen molar-refractivity contribution in [1.29, 1.82) is 0 Å². The maximum atomic E-state index is 5.65. The maximum absolute atomic E-state index is 5.65. The summed E-state index contributed by atoms with van der Waals surface area (Å²) in [7, 11) is 3.29. The second kappa shape index (κ2) is 10.7. The van der Waals surface area contributed by atoms with Crippen LogP contribution in [0.5, 0.6) is 0 Å². The van der Waals surface area contributed by atoms with Gasteiger partial charge in [0.1, 0.15) is 0 Å². The minimum absolute atomic E-state index is 0.156. The first-order valence-electron chi connectivity index (χ1n) is 5.32. The third kappa shape index (κ3) is 9.70. The maximum Gasteiger partial charge on any atom is 0.188 e. The van der Waals surface area contributed by atoms with E-state index < -0.39 is 0 Å². The van der Waals surface area contributed by atoms with Gasteiger partial charge in [-0.1, -0.05) is 0 Å². The van der Waals surface area contributed by atoms with Crippen LogP contribution in [-0.4, -0.2) is 59.2 Å². The van der Waals surface area contributed by atoms with E-state index in [9.17, 15) is 0 Å². The largest absolute Gasteiger partial charge is 0.383 e. The molecule has 0 fully saturated rings. The number of hydrogen-bond acceptors (Lipinski definition) is 4. The van der Waals surface area contributed by atoms with Crippen molar-refractivity contribution in [1.82, 2.24) is 5.32 Å². The van der Waals surface area contributed by atoms with Gasteiger partial charge in [0.15, 0.2) is 5.96 Å². The van der Waals surface area contributed by atoms with Gasteiger partial charge in [-0.25, -0.2) is 0 Å². The molecule has 0 heterocycles. The van der Waals surface area contributed by atoms with E-state index in [0.717, 1.165) is 0 Å². The highest BCUT2D eigenvalue weighted by atomic mass is 16.5. The average Bonchev–Trinajstić information content (AvgIpc) is 2.23. The first-order chi connectivity index (χ1) is 7.70. The fourth-order valence-electron chi connectivity index (χ4n) is 1.06. The molecule has 0 spiro atoms. The first kappa shape index (κ1) is 15.2. The van der Waals surface area contributed by atoms with Gasteiger partial charge in [0, 0.05) is 20.3 Å². The fourth-order valence-corrected chi connectivity index (χ4v) is 1.06. The molecule has 0 rings (SSSR count). The normalized spacial score (nSPS) is 13.8. The number of guanidine groups is 1. The van der Waals surface area contributed by atoms with Crippen molar-refractivity contribution in [3.63, 3.8) is 0 Å². The van der Waals surface area contributed by atoms with Crippen LogP contribution in [0.15, 0.2) is 4.99 Å². The van der Waals surface area contributed by atoms with E-state index in [-0.39, 0.29) is 6.04 Å². The van der Waals surface area contributed by atoms with Crippen molar-refractivity contribution < 1.29 is 14.2 Å². The number of hydrogen-bond donors (Lipinski definition) is 2. The summed E-state index contributed by atoms with van der Waals surface area (Å²) in [5, 5.41) is 3.01. The highest BCUT2D eigenvalue weighted by molar-refractivity contribution is 5.78. The Kier molecular flexibility index (Phi) is 10.1. The number of aliphatic imine (C=N–C) groups is 1. The van der Waals surface area contributed by atoms with Crippen LogP contribution in [-0.2, 0) is 14.2 Å². The van der Waals surface area contributed by atoms with E-state index in [2.05, 4.69) is 10.3 Å². The molecular formula is C10H23N3O3. The van der Waals surface area contributed by atoms with Gasteiger partial charge in [-0.05, 0) is 6.92 Å². The Bertz CT molecular complexity index is 188. The number of nitrogens with zero attached hydrogens (tertiary/aromatic N) is 1. The van der Waals surface area contributed by atoms with Crippen molar-refractivity contribution in [3.05, 3.63) is 0 Å². The van der Waals surface area contributed by atoms with Crippen LogP contribution in [0, 0.1) is 0 Å². The topological polar surface area (TPSA) is 78.1 Å². The number of nitrogens with one attached hydrogen (secondary N) is 1. The third-order valence-corrected chi connectivity index (χ3v) is 1.76. The molecular weight excluding hydrogens is 210 g/mol. The molecule has 0 aromatic heterocycles. The lowest BCUT2D eigenvalue weighted by Gasteiger charge is -2.12. The first-order valence-corrected chi connectivity index (χ1v) is 5.32. The summed E-state index contributed by atoms with van der Waals surface area (Å²) >= 11 is 0. The molecule has 0 amide bonds. The molecule has 0 bridgehead atoms. The molecule has 1 unspecified atom stereocenters. The lowest BCUT2D eigenvalue weighted by Crippen LogP contribution is -2.40. The molecule has 0 saturated carbocycles. The van der Waals surface area contributed by atoms with Crippen molar-refractivity contribution in [2.45, 2.75) is 13.0 Å². The third-order valence-electron chi connectivity index (χ3n) is 1.76. The summed E-state index contributed by atoms with van der Waals surface area (Å²) in [5.41, 5.74) is 5.65. The summed E-state index contributed by atoms with van der Waals surface area (Å²) in [4.78, 5) is 4.11. The summed E-state index contributed by atoms with van der Waals surface area (Å²) in [6, 6.07) is 0.156. The van der Waals surface area contributed by atoms with E-state index in [1.54, 1.807) is 14.2 Å². The predicted molar refractivity (Wildman–Crippen MR) is 63.7 cm³/mol. The van der Waals surface area contributed by atoms with Crippen LogP contribution < -0.4 is 11.1 Å². The molecule has 0 aliphatic heterocycles. The van der Waals surface area contributed by atoms with Gasteiger partial charge in [0.2, 0.25) is 0 Å². The molecule has 0 aliphatic carbocycles. The SMILES string of the molecule is COCCOCCN=C(N)NC(C)COC. The Hall–Kier alpha value is -0.850. The fraction of sp³-hybridized carbons (Fsp3) is 0.900. The van der Waals surface area contributed by atoms with Crippen molar-refractivity contribution in [2.24, 2.45) is 10.7 Å². The van der Waals surface area contributed by atoms with Gasteiger partial charge >= 0.3 is 0 Å². The number of ether oxygens (including phenoxy) is 3. The summed E-state index contributed by atoms with van der Waals surface area (Å²) in [6.45, 7) is 4.84. The Balaban J connectivity index is 3.47. The smallest absolute Gasteiger partial charge is 0.188 e. The molecule has 0 aromatic carbocycles. The zero-order chi connectivity index (χ0) is 12.2. The molecule has 0 saturated heterocycles. The van der Waals surface area contributed by atoms with Crippen LogP contribution in [0.25, 0.3) is 0 Å². The minimum atomic E-state index is 0.156. The number of nitrogens with two attached hydrogens (primary N) is 1. The molecule has 6 heteroatoms. The minimum Gasteiger partial charge on any atom is -0.383 e. The molecule has 96 valence electrons. The van der Waals surface area contributed by atoms with Gasteiger partial charge in [-0.3, -0.25) is 4.99 Å². The van der Waals surface area contributed by atoms with Crippen molar-refractivity contribution in [3.8, 4) is 0 Å². The molecule has 0 radical (unpaired) electrons. The summed E-state index contributed by atoms with van der Waals surface area (Å²) in [6.07, 6.45) is 0. The average molecular weight is 233 g/mol. The summed E-state index contributed by atoms with van der Waals surface area (Å²) < 4.78 is 15.0. The molecule has 6 nitrogen and oxygen atoms in total. The molecule has 16 heavy (non-hydrogen) atoms. The summed E-state index contributed by atoms with van der Waals surface area (Å²) in [5.74, 6) is 0.417.